The summed E-state index contributed by atoms with van der Waals surface area (Å²) in [5.41, 5.74) is 0. The van der Waals surface area contributed by atoms with Crippen LogP contribution >= 0.6 is 0 Å². The minimum atomic E-state index is 0.836. The van der Waals surface area contributed by atoms with E-state index in [2.05, 4.69) is 15.2 Å². The van der Waals surface area contributed by atoms with E-state index in [1.807, 2.05) is 32.2 Å². The molecule has 0 radical (unpaired) electrons. The molecule has 0 aromatic carbocycles. The fourth-order valence-corrected chi connectivity index (χ4v) is 0.978. The van der Waals surface area contributed by atoms with Crippen molar-refractivity contribution in [2.24, 2.45) is 4.99 Å². The summed E-state index contributed by atoms with van der Waals surface area (Å²) in [6.07, 6.45) is 8.16. The fraction of sp³-hybridized carbons (Fsp3) is 0.300. The molecule has 2 rings (SSSR count). The second-order valence-corrected chi connectivity index (χ2v) is 2.27. The first-order valence-corrected chi connectivity index (χ1v) is 4.46. The topological polar surface area (TPSA) is 38.1 Å². The van der Waals surface area contributed by atoms with Crippen molar-refractivity contribution in [2.75, 3.05) is 0 Å². The predicted molar refractivity (Wildman–Crippen MR) is 54.7 cm³/mol. The Morgan fingerprint density at radius 3 is 3.00 bits per heavy atom. The van der Waals surface area contributed by atoms with Crippen molar-refractivity contribution >= 4 is 18.5 Å². The molecule has 2 heterocycles. The monoisotopic (exact) mass is 175 g/mol. The molecule has 3 nitrogen and oxygen atoms in total. The summed E-state index contributed by atoms with van der Waals surface area (Å²) in [4.78, 5) is 4.06. The molecule has 13 heavy (non-hydrogen) atoms. The number of hydrogen-bond donors (Lipinski definition) is 0. The summed E-state index contributed by atoms with van der Waals surface area (Å²) in [6, 6.07) is 1.90. The number of aliphatic imine (C=N–C) groups is 1. The van der Waals surface area contributed by atoms with Crippen LogP contribution in [0.4, 0.5) is 0 Å². The van der Waals surface area contributed by atoms with Crippen LogP contribution in [0.25, 0.3) is 12.3 Å². The Kier molecular flexibility index (Phi) is 3.82. The molecule has 0 saturated heterocycles. The zero-order chi connectivity index (χ0) is 9.52. The van der Waals surface area contributed by atoms with E-state index in [1.165, 1.54) is 0 Å². The third-order valence-corrected chi connectivity index (χ3v) is 1.52. The third kappa shape index (κ3) is 2.47. The van der Waals surface area contributed by atoms with Gasteiger partial charge in [0.1, 0.15) is 0 Å². The first-order valence-electron chi connectivity index (χ1n) is 4.46. The lowest BCUT2D eigenvalue weighted by Crippen LogP contribution is -2.27. The molecule has 68 valence electrons. The van der Waals surface area contributed by atoms with Gasteiger partial charge in [-0.05, 0) is 6.07 Å². The highest BCUT2D eigenvalue weighted by molar-refractivity contribution is 5.68. The van der Waals surface area contributed by atoms with Crippen LogP contribution in [0.15, 0.2) is 17.3 Å². The Balaban J connectivity index is 0.000000396. The van der Waals surface area contributed by atoms with Crippen LogP contribution in [0.3, 0.4) is 0 Å². The molecule has 0 atom stereocenters. The van der Waals surface area contributed by atoms with E-state index in [9.17, 15) is 0 Å². The molecule has 0 aliphatic carbocycles. The molecule has 1 aromatic heterocycles. The first-order chi connectivity index (χ1) is 6.47. The van der Waals surface area contributed by atoms with Crippen LogP contribution in [-0.4, -0.2) is 16.4 Å². The molecule has 1 aliphatic rings. The Bertz CT molecular complexity index is 393. The van der Waals surface area contributed by atoms with Gasteiger partial charge in [-0.3, -0.25) is 4.99 Å². The molecule has 3 heteroatoms. The molecule has 1 aliphatic heterocycles. The van der Waals surface area contributed by atoms with Gasteiger partial charge in [-0.1, -0.05) is 19.9 Å². The van der Waals surface area contributed by atoms with Crippen molar-refractivity contribution in [3.63, 3.8) is 0 Å². The lowest BCUT2D eigenvalue weighted by Gasteiger charge is -1.82. The average molecular weight is 175 g/mol. The van der Waals surface area contributed by atoms with E-state index in [4.69, 9.17) is 0 Å². The molecule has 0 unspecified atom stereocenters. The maximum Gasteiger partial charge on any atom is 0.0909 e. The van der Waals surface area contributed by atoms with E-state index < -0.39 is 0 Å². The van der Waals surface area contributed by atoms with E-state index in [-0.39, 0.29) is 0 Å². The Morgan fingerprint density at radius 1 is 1.31 bits per heavy atom. The highest BCUT2D eigenvalue weighted by atomic mass is 15.1. The Morgan fingerprint density at radius 2 is 2.15 bits per heavy atom. The summed E-state index contributed by atoms with van der Waals surface area (Å²) in [5.74, 6) is 0. The van der Waals surface area contributed by atoms with E-state index in [1.54, 1.807) is 12.4 Å². The highest BCUT2D eigenvalue weighted by Gasteiger charge is 1.87. The Labute approximate surface area is 77.5 Å². The number of nitrogens with zero attached hydrogens (tertiary/aromatic N) is 3. The zero-order valence-electron chi connectivity index (χ0n) is 7.94. The molecule has 0 saturated carbocycles. The smallest absolute Gasteiger partial charge is 0.0909 e. The lowest BCUT2D eigenvalue weighted by molar-refractivity contribution is 0.979. The SMILES string of the molecule is C1=NC=c2ccnnc2=CC1.CC. The second kappa shape index (κ2) is 5.19. The van der Waals surface area contributed by atoms with Gasteiger partial charge >= 0.3 is 0 Å². The first kappa shape index (κ1) is 9.58. The van der Waals surface area contributed by atoms with E-state index >= 15 is 0 Å². The minimum Gasteiger partial charge on any atom is -0.268 e. The van der Waals surface area contributed by atoms with Gasteiger partial charge in [0.15, 0.2) is 0 Å². The van der Waals surface area contributed by atoms with Crippen LogP contribution in [0.1, 0.15) is 20.3 Å². The van der Waals surface area contributed by atoms with Crippen molar-refractivity contribution < 1.29 is 0 Å². The maximum atomic E-state index is 4.06. The van der Waals surface area contributed by atoms with Crippen molar-refractivity contribution in [3.05, 3.63) is 22.8 Å². The maximum absolute atomic E-state index is 4.06. The fourth-order valence-electron chi connectivity index (χ4n) is 0.978. The van der Waals surface area contributed by atoms with Crippen molar-refractivity contribution in [2.45, 2.75) is 20.3 Å². The summed E-state index contributed by atoms with van der Waals surface area (Å²) >= 11 is 0. The van der Waals surface area contributed by atoms with Gasteiger partial charge in [0, 0.05) is 24.1 Å². The molecule has 0 bridgehead atoms. The molecular formula is C10H13N3. The van der Waals surface area contributed by atoms with Crippen molar-refractivity contribution in [1.82, 2.24) is 10.2 Å². The summed E-state index contributed by atoms with van der Waals surface area (Å²) in [5, 5.41) is 9.70. The average Bonchev–Trinajstić information content (AvgIpc) is 2.45. The van der Waals surface area contributed by atoms with Gasteiger partial charge in [-0.15, -0.1) is 0 Å². The summed E-state index contributed by atoms with van der Waals surface area (Å²) in [6.45, 7) is 4.00. The van der Waals surface area contributed by atoms with Gasteiger partial charge in [0.05, 0.1) is 11.5 Å². The molecule has 0 amide bonds. The standard InChI is InChI=1S/C8H7N3.C2H6/c1-2-8-7(6-9-4-1)3-5-10-11-8;1-2/h2-6H,1H2;1-2H3. The van der Waals surface area contributed by atoms with Crippen molar-refractivity contribution in [3.8, 4) is 0 Å². The van der Waals surface area contributed by atoms with Gasteiger partial charge in [0.2, 0.25) is 0 Å². The quantitative estimate of drug-likeness (QED) is 0.575. The number of hydrogen-bond acceptors (Lipinski definition) is 3. The molecule has 1 aromatic rings. The van der Waals surface area contributed by atoms with Crippen LogP contribution in [-0.2, 0) is 0 Å². The molecule has 0 spiro atoms. The second-order valence-electron chi connectivity index (χ2n) is 2.27. The number of rotatable bonds is 0. The predicted octanol–water partition coefficient (Wildman–Crippen LogP) is 0.496. The largest absolute Gasteiger partial charge is 0.268 e. The lowest BCUT2D eigenvalue weighted by atomic mass is 10.3. The number of fused-ring (bicyclic) bond motifs is 1. The van der Waals surface area contributed by atoms with E-state index in [0.29, 0.717) is 0 Å². The van der Waals surface area contributed by atoms with E-state index in [0.717, 1.165) is 17.0 Å². The van der Waals surface area contributed by atoms with Gasteiger partial charge in [-0.25, -0.2) is 0 Å². The van der Waals surface area contributed by atoms with Crippen molar-refractivity contribution in [1.29, 1.82) is 0 Å². The van der Waals surface area contributed by atoms with Crippen LogP contribution < -0.4 is 10.6 Å². The highest BCUT2D eigenvalue weighted by Crippen LogP contribution is 1.79. The molecule has 0 fully saturated rings. The Hall–Kier alpha value is -1.51. The minimum absolute atomic E-state index is 0.836. The van der Waals surface area contributed by atoms with Crippen LogP contribution in [0.5, 0.6) is 0 Å². The van der Waals surface area contributed by atoms with Crippen LogP contribution in [0.2, 0.25) is 0 Å². The normalized spacial score (nSPS) is 12.5. The van der Waals surface area contributed by atoms with Gasteiger partial charge in [-0.2, -0.15) is 10.2 Å². The number of aromatic nitrogens is 2. The zero-order valence-corrected chi connectivity index (χ0v) is 7.94. The summed E-state index contributed by atoms with van der Waals surface area (Å²) in [7, 11) is 0. The molecule has 0 N–H and O–H groups in total. The van der Waals surface area contributed by atoms with Gasteiger partial charge in [0.25, 0.3) is 0 Å². The van der Waals surface area contributed by atoms with Crippen LogP contribution in [0, 0.1) is 0 Å². The molecular weight excluding hydrogens is 162 g/mol. The third-order valence-electron chi connectivity index (χ3n) is 1.52. The van der Waals surface area contributed by atoms with Gasteiger partial charge < -0.3 is 0 Å². The summed E-state index contributed by atoms with van der Waals surface area (Å²) < 4.78 is 0.